The molecule has 0 aliphatic heterocycles. The molecule has 164 valence electrons. The minimum Gasteiger partial charge on any atom is -0.310 e. The molecule has 0 saturated heterocycles. The highest BCUT2D eigenvalue weighted by Gasteiger charge is 2.15. The van der Waals surface area contributed by atoms with Crippen LogP contribution in [0.5, 0.6) is 0 Å². The Morgan fingerprint density at radius 3 is 2.44 bits per heavy atom. The first-order valence-corrected chi connectivity index (χ1v) is 10.0. The number of carbonyl (C=O) groups is 1. The largest absolute Gasteiger partial charge is 0.310 e. The predicted molar refractivity (Wildman–Crippen MR) is 123 cm³/mol. The number of pyridine rings is 1. The van der Waals surface area contributed by atoms with E-state index in [1.54, 1.807) is 18.3 Å². The fourth-order valence-corrected chi connectivity index (χ4v) is 3.12. The molecule has 8 heteroatoms. The molecule has 0 bridgehead atoms. The number of amides is 1. The Morgan fingerprint density at radius 1 is 1.09 bits per heavy atom. The molecular weight excluding hydrogens is 408 g/mol. The third-order valence-electron chi connectivity index (χ3n) is 4.94. The zero-order chi connectivity index (χ0) is 23.3. The normalized spacial score (nSPS) is 11.5. The van der Waals surface area contributed by atoms with Crippen molar-refractivity contribution in [2.75, 3.05) is 0 Å². The molecule has 3 rings (SSSR count). The minimum atomic E-state index is -0.692. The summed E-state index contributed by atoms with van der Waals surface area (Å²) < 4.78 is 1.45. The Kier molecular flexibility index (Phi) is 6.63. The van der Waals surface area contributed by atoms with Gasteiger partial charge < -0.3 is 4.57 Å². The number of benzene rings is 2. The highest BCUT2D eigenvalue weighted by atomic mass is 16.6. The summed E-state index contributed by atoms with van der Waals surface area (Å²) in [7, 11) is 0. The van der Waals surface area contributed by atoms with E-state index in [2.05, 4.69) is 31.3 Å². The second kappa shape index (κ2) is 9.38. The molecule has 0 unspecified atom stereocenters. The van der Waals surface area contributed by atoms with Crippen LogP contribution in [-0.2, 0) is 12.0 Å². The van der Waals surface area contributed by atoms with Crippen LogP contribution in [-0.4, -0.2) is 21.6 Å². The van der Waals surface area contributed by atoms with Gasteiger partial charge in [0.05, 0.1) is 23.2 Å². The van der Waals surface area contributed by atoms with Crippen molar-refractivity contribution in [3.63, 3.8) is 0 Å². The average molecular weight is 432 g/mol. The van der Waals surface area contributed by atoms with Gasteiger partial charge in [0.1, 0.15) is 5.56 Å². The molecular formula is C24H24N4O4. The van der Waals surface area contributed by atoms with E-state index in [0.29, 0.717) is 6.54 Å². The van der Waals surface area contributed by atoms with E-state index in [9.17, 15) is 19.7 Å². The number of hydrogen-bond acceptors (Lipinski definition) is 5. The zero-order valence-corrected chi connectivity index (χ0v) is 18.1. The predicted octanol–water partition coefficient (Wildman–Crippen LogP) is 3.87. The number of hydrogen-bond donors (Lipinski definition) is 1. The Morgan fingerprint density at radius 2 is 1.78 bits per heavy atom. The number of carbonyl (C=O) groups excluding carboxylic acids is 1. The molecule has 0 fully saturated rings. The molecule has 0 aliphatic carbocycles. The Hall–Kier alpha value is -4.07. The van der Waals surface area contributed by atoms with Crippen LogP contribution >= 0.6 is 0 Å². The first kappa shape index (κ1) is 22.6. The van der Waals surface area contributed by atoms with Gasteiger partial charge in [-0.2, -0.15) is 5.10 Å². The molecule has 3 aromatic rings. The number of nitrogens with one attached hydrogen (secondary N) is 1. The van der Waals surface area contributed by atoms with Gasteiger partial charge in [-0.3, -0.25) is 19.7 Å². The van der Waals surface area contributed by atoms with Gasteiger partial charge in [0.15, 0.2) is 0 Å². The maximum absolute atomic E-state index is 12.8. The van der Waals surface area contributed by atoms with Crippen LogP contribution in [0.15, 0.2) is 76.8 Å². The summed E-state index contributed by atoms with van der Waals surface area (Å²) in [4.78, 5) is 35.8. The van der Waals surface area contributed by atoms with E-state index < -0.39 is 16.4 Å². The highest BCUT2D eigenvalue weighted by Crippen LogP contribution is 2.22. The third kappa shape index (κ3) is 5.34. The molecule has 0 atom stereocenters. The molecule has 0 radical (unpaired) electrons. The Bertz CT molecular complexity index is 1220. The van der Waals surface area contributed by atoms with Gasteiger partial charge in [-0.1, -0.05) is 57.2 Å². The van der Waals surface area contributed by atoms with Crippen LogP contribution in [0, 0.1) is 10.1 Å². The molecule has 32 heavy (non-hydrogen) atoms. The number of hydrazone groups is 1. The van der Waals surface area contributed by atoms with Crippen molar-refractivity contribution in [2.24, 2.45) is 5.10 Å². The van der Waals surface area contributed by atoms with E-state index in [4.69, 9.17) is 0 Å². The summed E-state index contributed by atoms with van der Waals surface area (Å²) in [6.45, 7) is 6.72. The number of para-hydroxylation sites is 1. The quantitative estimate of drug-likeness (QED) is 0.362. The number of rotatable bonds is 6. The van der Waals surface area contributed by atoms with E-state index >= 15 is 0 Å². The third-order valence-corrected chi connectivity index (χ3v) is 4.94. The second-order valence-corrected chi connectivity index (χ2v) is 8.32. The van der Waals surface area contributed by atoms with Gasteiger partial charge in [0.25, 0.3) is 17.2 Å². The lowest BCUT2D eigenvalue weighted by atomic mass is 9.87. The summed E-state index contributed by atoms with van der Waals surface area (Å²) in [5.74, 6) is -0.692. The van der Waals surface area contributed by atoms with Crippen molar-refractivity contribution >= 4 is 17.8 Å². The second-order valence-electron chi connectivity index (χ2n) is 8.32. The van der Waals surface area contributed by atoms with Crippen LogP contribution in [0.3, 0.4) is 0 Å². The molecule has 0 saturated carbocycles. The minimum absolute atomic E-state index is 0.0358. The van der Waals surface area contributed by atoms with Crippen LogP contribution in [0.2, 0.25) is 0 Å². The van der Waals surface area contributed by atoms with E-state index in [0.717, 1.165) is 5.56 Å². The van der Waals surface area contributed by atoms with E-state index in [-0.39, 0.29) is 22.2 Å². The van der Waals surface area contributed by atoms with Crippen LogP contribution in [0.25, 0.3) is 0 Å². The summed E-state index contributed by atoms with van der Waals surface area (Å²) in [6.07, 6.45) is 2.79. The molecule has 0 aliphatic rings. The number of nitro benzene ring substituents is 1. The summed E-state index contributed by atoms with van der Waals surface area (Å²) in [5, 5.41) is 14.8. The van der Waals surface area contributed by atoms with Crippen LogP contribution < -0.4 is 11.0 Å². The van der Waals surface area contributed by atoms with E-state index in [1.165, 1.54) is 40.6 Å². The van der Waals surface area contributed by atoms with Crippen molar-refractivity contribution in [3.05, 3.63) is 110 Å². The van der Waals surface area contributed by atoms with Crippen molar-refractivity contribution < 1.29 is 9.72 Å². The van der Waals surface area contributed by atoms with Gasteiger partial charge >= 0.3 is 0 Å². The number of nitrogens with zero attached hydrogens (tertiary/aromatic N) is 3. The molecule has 8 nitrogen and oxygen atoms in total. The maximum atomic E-state index is 12.8. The topological polar surface area (TPSA) is 107 Å². The van der Waals surface area contributed by atoms with E-state index in [1.807, 2.05) is 24.3 Å². The molecule has 0 spiro atoms. The molecule has 1 aromatic heterocycles. The first-order chi connectivity index (χ1) is 15.2. The monoisotopic (exact) mass is 432 g/mol. The van der Waals surface area contributed by atoms with Gasteiger partial charge in [0, 0.05) is 12.3 Å². The summed E-state index contributed by atoms with van der Waals surface area (Å²) in [5.41, 5.74) is 4.01. The first-order valence-electron chi connectivity index (χ1n) is 10.0. The van der Waals surface area contributed by atoms with Crippen LogP contribution in [0.1, 0.15) is 47.8 Å². The van der Waals surface area contributed by atoms with Crippen molar-refractivity contribution in [3.8, 4) is 0 Å². The van der Waals surface area contributed by atoms with Crippen molar-refractivity contribution in [1.29, 1.82) is 0 Å². The fraction of sp³-hybridized carbons (Fsp3) is 0.208. The van der Waals surface area contributed by atoms with Gasteiger partial charge in [-0.15, -0.1) is 0 Å². The summed E-state index contributed by atoms with van der Waals surface area (Å²) in [6, 6.07) is 17.1. The zero-order valence-electron chi connectivity index (χ0n) is 18.1. The lowest BCUT2D eigenvalue weighted by Gasteiger charge is -2.19. The molecule has 1 heterocycles. The van der Waals surface area contributed by atoms with Crippen LogP contribution in [0.4, 0.5) is 5.69 Å². The summed E-state index contributed by atoms with van der Waals surface area (Å²) >= 11 is 0. The smallest absolute Gasteiger partial charge is 0.278 e. The molecule has 1 N–H and O–H groups in total. The standard InChI is InChI=1S/C24H24N4O4/c1-24(2,3)19-12-10-17(11-13-19)16-27-14-6-8-20(23(27)30)22(29)26-25-15-18-7-4-5-9-21(18)28(31)32/h4-15H,16H2,1-3H3,(H,26,29)/b25-15-. The average Bonchev–Trinajstić information content (AvgIpc) is 2.75. The van der Waals surface area contributed by atoms with Gasteiger partial charge in [-0.25, -0.2) is 5.43 Å². The van der Waals surface area contributed by atoms with Gasteiger partial charge in [0.2, 0.25) is 0 Å². The SMILES string of the molecule is CC(C)(C)c1ccc(Cn2cccc(C(=O)N/N=C\c3ccccc3[N+](=O)[O-])c2=O)cc1. The Balaban J connectivity index is 1.74. The Labute approximate surface area is 185 Å². The fourth-order valence-electron chi connectivity index (χ4n) is 3.12. The molecule has 2 aromatic carbocycles. The highest BCUT2D eigenvalue weighted by molar-refractivity contribution is 5.94. The van der Waals surface area contributed by atoms with Crippen molar-refractivity contribution in [1.82, 2.24) is 9.99 Å². The lowest BCUT2D eigenvalue weighted by molar-refractivity contribution is -0.385. The molecule has 1 amide bonds. The van der Waals surface area contributed by atoms with Gasteiger partial charge in [-0.05, 0) is 34.7 Å². The number of nitro groups is 1. The van der Waals surface area contributed by atoms with Crippen molar-refractivity contribution in [2.45, 2.75) is 32.7 Å². The number of aromatic nitrogens is 1. The maximum Gasteiger partial charge on any atom is 0.278 e. The lowest BCUT2D eigenvalue weighted by Crippen LogP contribution is -2.30.